The predicted molar refractivity (Wildman–Crippen MR) is 64.7 cm³/mol. The summed E-state index contributed by atoms with van der Waals surface area (Å²) in [6.07, 6.45) is 0. The van der Waals surface area contributed by atoms with E-state index in [9.17, 15) is 14.0 Å². The van der Waals surface area contributed by atoms with Gasteiger partial charge < -0.3 is 15.0 Å². The maximum atomic E-state index is 12.7. The van der Waals surface area contributed by atoms with Gasteiger partial charge in [-0.05, 0) is 31.2 Å². The molecule has 2 amide bonds. The van der Waals surface area contributed by atoms with Crippen LogP contribution < -0.4 is 5.32 Å². The van der Waals surface area contributed by atoms with Gasteiger partial charge >= 0.3 is 12.0 Å². The van der Waals surface area contributed by atoms with Crippen LogP contribution >= 0.6 is 0 Å². The molecule has 0 aliphatic rings. The number of likely N-dealkylation sites (N-methyl/N-ethyl adjacent to an activating group) is 1. The largest absolute Gasteiger partial charge is 0.465 e. The van der Waals surface area contributed by atoms with Crippen LogP contribution in [-0.4, -0.2) is 37.1 Å². The summed E-state index contributed by atoms with van der Waals surface area (Å²) in [4.78, 5) is 24.0. The Kier molecular flexibility index (Phi) is 5.10. The van der Waals surface area contributed by atoms with Crippen LogP contribution in [-0.2, 0) is 9.53 Å². The van der Waals surface area contributed by atoms with Crippen molar-refractivity contribution in [3.05, 3.63) is 30.1 Å². The minimum absolute atomic E-state index is 0.138. The number of ether oxygens (including phenoxy) is 1. The molecule has 1 N–H and O–H groups in total. The highest BCUT2D eigenvalue weighted by Crippen LogP contribution is 2.08. The van der Waals surface area contributed by atoms with E-state index >= 15 is 0 Å². The van der Waals surface area contributed by atoms with Gasteiger partial charge in [-0.25, -0.2) is 9.18 Å². The number of nitrogens with zero attached hydrogens (tertiary/aromatic N) is 1. The van der Waals surface area contributed by atoms with E-state index in [1.807, 2.05) is 0 Å². The summed E-state index contributed by atoms with van der Waals surface area (Å²) in [5.41, 5.74) is 0.456. The van der Waals surface area contributed by atoms with E-state index < -0.39 is 12.0 Å². The molecule has 0 aliphatic carbocycles. The quantitative estimate of drug-likeness (QED) is 0.834. The number of urea groups is 1. The Hall–Kier alpha value is -2.11. The van der Waals surface area contributed by atoms with E-state index in [2.05, 4.69) is 5.32 Å². The molecule has 0 heterocycles. The molecule has 98 valence electrons. The predicted octanol–water partition coefficient (Wildman–Crippen LogP) is 1.85. The van der Waals surface area contributed by atoms with E-state index in [0.29, 0.717) is 5.69 Å². The standard InChI is InChI=1S/C12H15FN2O3/c1-3-18-11(16)8-15(2)12(17)14-10-6-4-9(13)5-7-10/h4-7H,3,8H2,1-2H3,(H,14,17). The van der Waals surface area contributed by atoms with Crippen LogP contribution in [0.4, 0.5) is 14.9 Å². The molecule has 0 aromatic heterocycles. The normalized spacial score (nSPS) is 9.72. The summed E-state index contributed by atoms with van der Waals surface area (Å²) in [6.45, 7) is 1.82. The molecule has 0 bridgehead atoms. The van der Waals surface area contributed by atoms with E-state index in [1.165, 1.54) is 36.2 Å². The molecule has 5 nitrogen and oxygen atoms in total. The zero-order valence-corrected chi connectivity index (χ0v) is 10.3. The average molecular weight is 254 g/mol. The van der Waals surface area contributed by atoms with Gasteiger partial charge in [-0.3, -0.25) is 4.79 Å². The number of amides is 2. The lowest BCUT2D eigenvalue weighted by Gasteiger charge is -2.16. The second kappa shape index (κ2) is 6.58. The maximum Gasteiger partial charge on any atom is 0.325 e. The first-order valence-corrected chi connectivity index (χ1v) is 5.46. The summed E-state index contributed by atoms with van der Waals surface area (Å²) in [7, 11) is 1.47. The van der Waals surface area contributed by atoms with Crippen LogP contribution in [0.1, 0.15) is 6.92 Å². The lowest BCUT2D eigenvalue weighted by Crippen LogP contribution is -2.36. The van der Waals surface area contributed by atoms with Crippen molar-refractivity contribution in [3.8, 4) is 0 Å². The third kappa shape index (κ3) is 4.40. The molecule has 0 fully saturated rings. The number of hydrogen-bond donors (Lipinski definition) is 1. The monoisotopic (exact) mass is 254 g/mol. The zero-order chi connectivity index (χ0) is 13.5. The van der Waals surface area contributed by atoms with Crippen LogP contribution in [0, 0.1) is 5.82 Å². The van der Waals surface area contributed by atoms with E-state index in [0.717, 1.165) is 0 Å². The van der Waals surface area contributed by atoms with Crippen LogP contribution in [0.15, 0.2) is 24.3 Å². The molecular formula is C12H15FN2O3. The third-order valence-corrected chi connectivity index (χ3v) is 2.11. The van der Waals surface area contributed by atoms with Gasteiger partial charge in [0.15, 0.2) is 0 Å². The Morgan fingerprint density at radius 1 is 1.33 bits per heavy atom. The molecule has 1 aromatic carbocycles. The van der Waals surface area contributed by atoms with Gasteiger partial charge in [-0.2, -0.15) is 0 Å². The van der Waals surface area contributed by atoms with Crippen LogP contribution in [0.3, 0.4) is 0 Å². The molecule has 0 spiro atoms. The van der Waals surface area contributed by atoms with Crippen LogP contribution in [0.25, 0.3) is 0 Å². The molecule has 0 unspecified atom stereocenters. The van der Waals surface area contributed by atoms with Crippen molar-refractivity contribution in [2.75, 3.05) is 25.5 Å². The first-order chi connectivity index (χ1) is 8.52. The number of carbonyl (C=O) groups is 2. The Balaban J connectivity index is 2.49. The van der Waals surface area contributed by atoms with Crippen molar-refractivity contribution in [1.82, 2.24) is 4.90 Å². The van der Waals surface area contributed by atoms with Gasteiger partial charge in [0.05, 0.1) is 6.61 Å². The van der Waals surface area contributed by atoms with Crippen LogP contribution in [0.5, 0.6) is 0 Å². The Bertz CT molecular complexity index is 420. The summed E-state index contributed by atoms with van der Waals surface area (Å²) in [5.74, 6) is -0.859. The van der Waals surface area contributed by atoms with Crippen molar-refractivity contribution >= 4 is 17.7 Å². The molecular weight excluding hydrogens is 239 g/mol. The van der Waals surface area contributed by atoms with Gasteiger partial charge in [0, 0.05) is 12.7 Å². The highest BCUT2D eigenvalue weighted by Gasteiger charge is 2.13. The molecule has 1 rings (SSSR count). The summed E-state index contributed by atoms with van der Waals surface area (Å²) < 4.78 is 17.4. The number of esters is 1. The average Bonchev–Trinajstić information content (AvgIpc) is 2.32. The van der Waals surface area contributed by atoms with Gasteiger partial charge in [0.1, 0.15) is 12.4 Å². The Morgan fingerprint density at radius 2 is 1.94 bits per heavy atom. The fourth-order valence-corrected chi connectivity index (χ4v) is 1.22. The number of anilines is 1. The molecule has 18 heavy (non-hydrogen) atoms. The maximum absolute atomic E-state index is 12.7. The number of rotatable bonds is 4. The number of halogens is 1. The molecule has 1 aromatic rings. The zero-order valence-electron chi connectivity index (χ0n) is 10.3. The van der Waals surface area contributed by atoms with Crippen molar-refractivity contribution in [1.29, 1.82) is 0 Å². The minimum atomic E-state index is -0.478. The number of hydrogen-bond acceptors (Lipinski definition) is 3. The molecule has 0 radical (unpaired) electrons. The second-order valence-electron chi connectivity index (χ2n) is 3.60. The van der Waals surface area contributed by atoms with Crippen molar-refractivity contribution < 1.29 is 18.7 Å². The fraction of sp³-hybridized carbons (Fsp3) is 0.333. The van der Waals surface area contributed by atoms with Crippen LogP contribution in [0.2, 0.25) is 0 Å². The first-order valence-electron chi connectivity index (χ1n) is 5.46. The first kappa shape index (κ1) is 14.0. The van der Waals surface area contributed by atoms with Crippen molar-refractivity contribution in [2.45, 2.75) is 6.92 Å². The Labute approximate surface area is 105 Å². The van der Waals surface area contributed by atoms with Crippen molar-refractivity contribution in [2.24, 2.45) is 0 Å². The lowest BCUT2D eigenvalue weighted by atomic mass is 10.3. The molecule has 6 heteroatoms. The van der Waals surface area contributed by atoms with Crippen molar-refractivity contribution in [3.63, 3.8) is 0 Å². The van der Waals surface area contributed by atoms with E-state index in [1.54, 1.807) is 6.92 Å². The molecule has 0 atom stereocenters. The highest BCUT2D eigenvalue weighted by atomic mass is 19.1. The second-order valence-corrected chi connectivity index (χ2v) is 3.60. The molecule has 0 saturated heterocycles. The Morgan fingerprint density at radius 3 is 2.50 bits per heavy atom. The summed E-state index contributed by atoms with van der Waals surface area (Å²) in [5, 5.41) is 2.53. The molecule has 0 saturated carbocycles. The van der Waals surface area contributed by atoms with Gasteiger partial charge in [-0.1, -0.05) is 0 Å². The smallest absolute Gasteiger partial charge is 0.325 e. The topological polar surface area (TPSA) is 58.6 Å². The fourth-order valence-electron chi connectivity index (χ4n) is 1.22. The van der Waals surface area contributed by atoms with E-state index in [-0.39, 0.29) is 19.0 Å². The lowest BCUT2D eigenvalue weighted by molar-refractivity contribution is -0.143. The summed E-state index contributed by atoms with van der Waals surface area (Å²) >= 11 is 0. The number of nitrogens with one attached hydrogen (secondary N) is 1. The van der Waals surface area contributed by atoms with Gasteiger partial charge in [0.25, 0.3) is 0 Å². The van der Waals surface area contributed by atoms with Gasteiger partial charge in [0.2, 0.25) is 0 Å². The highest BCUT2D eigenvalue weighted by molar-refractivity contribution is 5.91. The minimum Gasteiger partial charge on any atom is -0.465 e. The molecule has 0 aliphatic heterocycles. The number of benzene rings is 1. The number of carbonyl (C=O) groups excluding carboxylic acids is 2. The van der Waals surface area contributed by atoms with E-state index in [4.69, 9.17) is 4.74 Å². The SMILES string of the molecule is CCOC(=O)CN(C)C(=O)Nc1ccc(F)cc1. The van der Waals surface area contributed by atoms with Gasteiger partial charge in [-0.15, -0.1) is 0 Å². The third-order valence-electron chi connectivity index (χ3n) is 2.11. The summed E-state index contributed by atoms with van der Waals surface area (Å²) in [6, 6.07) is 4.88.